The van der Waals surface area contributed by atoms with Crippen LogP contribution in [-0.4, -0.2) is 32.4 Å². The minimum absolute atomic E-state index is 0.605. The third kappa shape index (κ3) is 3.83. The predicted octanol–water partition coefficient (Wildman–Crippen LogP) is 1.83. The van der Waals surface area contributed by atoms with Gasteiger partial charge in [-0.05, 0) is 25.0 Å². The summed E-state index contributed by atoms with van der Waals surface area (Å²) in [6, 6.07) is 10.5. The summed E-state index contributed by atoms with van der Waals surface area (Å²) in [7, 11) is 0. The van der Waals surface area contributed by atoms with E-state index in [1.807, 2.05) is 30.3 Å². The highest BCUT2D eigenvalue weighted by Crippen LogP contribution is 2.08. The third-order valence-electron chi connectivity index (χ3n) is 2.77. The van der Waals surface area contributed by atoms with Crippen LogP contribution in [0.15, 0.2) is 30.3 Å². The summed E-state index contributed by atoms with van der Waals surface area (Å²) >= 11 is 0. The Hall–Kier alpha value is -1.06. The first-order valence-electron chi connectivity index (χ1n) is 5.94. The first-order valence-corrected chi connectivity index (χ1v) is 5.94. The van der Waals surface area contributed by atoms with Crippen molar-refractivity contribution in [2.75, 3.05) is 26.4 Å². The maximum atomic E-state index is 5.60. The van der Waals surface area contributed by atoms with Crippen molar-refractivity contribution in [2.45, 2.75) is 18.9 Å². The third-order valence-corrected chi connectivity index (χ3v) is 2.77. The lowest BCUT2D eigenvalue weighted by atomic mass is 10.1. The van der Waals surface area contributed by atoms with Gasteiger partial charge in [0.05, 0.1) is 0 Å². The quantitative estimate of drug-likeness (QED) is 0.769. The number of hydrogen-bond acceptors (Lipinski definition) is 3. The number of hydrogen-bond donors (Lipinski definition) is 1. The van der Waals surface area contributed by atoms with Crippen LogP contribution < -0.4 is 10.1 Å². The Bertz CT molecular complexity index is 283. The molecule has 0 aromatic heterocycles. The molecule has 1 saturated heterocycles. The summed E-state index contributed by atoms with van der Waals surface area (Å²) in [4.78, 5) is 0. The first kappa shape index (κ1) is 11.4. The van der Waals surface area contributed by atoms with Crippen LogP contribution in [0.1, 0.15) is 12.8 Å². The lowest BCUT2D eigenvalue weighted by Gasteiger charge is -2.23. The fourth-order valence-electron chi connectivity index (χ4n) is 1.85. The summed E-state index contributed by atoms with van der Waals surface area (Å²) < 4.78 is 10.9. The van der Waals surface area contributed by atoms with Gasteiger partial charge in [0, 0.05) is 25.8 Å². The van der Waals surface area contributed by atoms with E-state index in [0.717, 1.165) is 45.0 Å². The first-order chi connectivity index (χ1) is 7.95. The highest BCUT2D eigenvalue weighted by atomic mass is 16.5. The molecule has 2 rings (SSSR count). The van der Waals surface area contributed by atoms with Crippen molar-refractivity contribution in [3.05, 3.63) is 30.3 Å². The average molecular weight is 221 g/mol. The Morgan fingerprint density at radius 3 is 2.69 bits per heavy atom. The van der Waals surface area contributed by atoms with E-state index in [-0.39, 0.29) is 0 Å². The number of nitrogens with one attached hydrogen (secondary N) is 1. The molecular weight excluding hydrogens is 202 g/mol. The highest BCUT2D eigenvalue weighted by molar-refractivity contribution is 5.20. The SMILES string of the molecule is c1ccc(OCCNC2CCOCC2)cc1. The molecule has 1 aliphatic rings. The van der Waals surface area contributed by atoms with Crippen LogP contribution in [0, 0.1) is 0 Å². The van der Waals surface area contributed by atoms with Crippen LogP contribution in [0.25, 0.3) is 0 Å². The minimum Gasteiger partial charge on any atom is -0.492 e. The molecule has 0 bridgehead atoms. The average Bonchev–Trinajstić information content (AvgIpc) is 2.37. The van der Waals surface area contributed by atoms with E-state index in [9.17, 15) is 0 Å². The lowest BCUT2D eigenvalue weighted by Crippen LogP contribution is -2.37. The molecule has 0 aliphatic carbocycles. The molecule has 1 fully saturated rings. The van der Waals surface area contributed by atoms with Gasteiger partial charge in [-0.1, -0.05) is 18.2 Å². The van der Waals surface area contributed by atoms with Gasteiger partial charge in [0.15, 0.2) is 0 Å². The zero-order chi connectivity index (χ0) is 11.1. The Labute approximate surface area is 96.8 Å². The van der Waals surface area contributed by atoms with Gasteiger partial charge in [0.2, 0.25) is 0 Å². The van der Waals surface area contributed by atoms with Crippen LogP contribution in [0.3, 0.4) is 0 Å². The molecule has 1 heterocycles. The van der Waals surface area contributed by atoms with Crippen LogP contribution in [0.2, 0.25) is 0 Å². The van der Waals surface area contributed by atoms with Crippen molar-refractivity contribution in [3.63, 3.8) is 0 Å². The molecule has 0 amide bonds. The smallest absolute Gasteiger partial charge is 0.119 e. The molecule has 0 atom stereocenters. The number of ether oxygens (including phenoxy) is 2. The molecule has 1 N–H and O–H groups in total. The number of para-hydroxylation sites is 1. The standard InChI is InChI=1S/C13H19NO2/c1-2-4-13(5-3-1)16-11-8-14-12-6-9-15-10-7-12/h1-5,12,14H,6-11H2. The summed E-state index contributed by atoms with van der Waals surface area (Å²) in [5.41, 5.74) is 0. The Kier molecular flexibility index (Phi) is 4.65. The Morgan fingerprint density at radius 2 is 1.94 bits per heavy atom. The monoisotopic (exact) mass is 221 g/mol. The molecule has 88 valence electrons. The van der Waals surface area contributed by atoms with Gasteiger partial charge in [-0.15, -0.1) is 0 Å². The molecule has 0 spiro atoms. The molecule has 16 heavy (non-hydrogen) atoms. The fraction of sp³-hybridized carbons (Fsp3) is 0.538. The van der Waals surface area contributed by atoms with Crippen LogP contribution in [0.5, 0.6) is 5.75 Å². The van der Waals surface area contributed by atoms with Gasteiger partial charge in [-0.2, -0.15) is 0 Å². The fourth-order valence-corrected chi connectivity index (χ4v) is 1.85. The molecule has 0 unspecified atom stereocenters. The highest BCUT2D eigenvalue weighted by Gasteiger charge is 2.11. The van der Waals surface area contributed by atoms with Crippen molar-refractivity contribution in [2.24, 2.45) is 0 Å². The Balaban J connectivity index is 1.58. The molecule has 1 aliphatic heterocycles. The van der Waals surface area contributed by atoms with Crippen molar-refractivity contribution < 1.29 is 9.47 Å². The van der Waals surface area contributed by atoms with Crippen LogP contribution in [-0.2, 0) is 4.74 Å². The molecular formula is C13H19NO2. The van der Waals surface area contributed by atoms with Gasteiger partial charge in [-0.25, -0.2) is 0 Å². The van der Waals surface area contributed by atoms with E-state index < -0.39 is 0 Å². The summed E-state index contributed by atoms with van der Waals surface area (Å²) in [5, 5.41) is 3.49. The lowest BCUT2D eigenvalue weighted by molar-refractivity contribution is 0.0770. The van der Waals surface area contributed by atoms with E-state index in [1.165, 1.54) is 0 Å². The Morgan fingerprint density at radius 1 is 1.19 bits per heavy atom. The second-order valence-electron chi connectivity index (χ2n) is 4.00. The zero-order valence-electron chi connectivity index (χ0n) is 9.52. The molecule has 1 aromatic carbocycles. The van der Waals surface area contributed by atoms with E-state index in [4.69, 9.17) is 9.47 Å². The van der Waals surface area contributed by atoms with E-state index in [1.54, 1.807) is 0 Å². The molecule has 3 nitrogen and oxygen atoms in total. The summed E-state index contributed by atoms with van der Waals surface area (Å²) in [5.74, 6) is 0.941. The maximum Gasteiger partial charge on any atom is 0.119 e. The van der Waals surface area contributed by atoms with Crippen LogP contribution in [0.4, 0.5) is 0 Å². The van der Waals surface area contributed by atoms with Crippen molar-refractivity contribution >= 4 is 0 Å². The van der Waals surface area contributed by atoms with Gasteiger partial charge < -0.3 is 14.8 Å². The van der Waals surface area contributed by atoms with Crippen LogP contribution >= 0.6 is 0 Å². The van der Waals surface area contributed by atoms with Crippen molar-refractivity contribution in [1.82, 2.24) is 5.32 Å². The van der Waals surface area contributed by atoms with Gasteiger partial charge in [-0.3, -0.25) is 0 Å². The second kappa shape index (κ2) is 6.51. The summed E-state index contributed by atoms with van der Waals surface area (Å²) in [6.45, 7) is 3.40. The topological polar surface area (TPSA) is 30.5 Å². The van der Waals surface area contributed by atoms with E-state index >= 15 is 0 Å². The molecule has 0 radical (unpaired) electrons. The zero-order valence-corrected chi connectivity index (χ0v) is 9.52. The van der Waals surface area contributed by atoms with Gasteiger partial charge >= 0.3 is 0 Å². The predicted molar refractivity (Wildman–Crippen MR) is 63.8 cm³/mol. The second-order valence-corrected chi connectivity index (χ2v) is 4.00. The summed E-state index contributed by atoms with van der Waals surface area (Å²) in [6.07, 6.45) is 2.23. The maximum absolute atomic E-state index is 5.60. The largest absolute Gasteiger partial charge is 0.492 e. The van der Waals surface area contributed by atoms with Gasteiger partial charge in [0.25, 0.3) is 0 Å². The number of rotatable bonds is 5. The van der Waals surface area contributed by atoms with Crippen molar-refractivity contribution in [1.29, 1.82) is 0 Å². The molecule has 3 heteroatoms. The molecule has 0 saturated carbocycles. The van der Waals surface area contributed by atoms with Crippen molar-refractivity contribution in [3.8, 4) is 5.75 Å². The normalized spacial score (nSPS) is 17.2. The van der Waals surface area contributed by atoms with E-state index in [0.29, 0.717) is 6.04 Å². The van der Waals surface area contributed by atoms with E-state index in [2.05, 4.69) is 5.32 Å². The molecule has 1 aromatic rings. The minimum atomic E-state index is 0.605. The van der Waals surface area contributed by atoms with Gasteiger partial charge in [0.1, 0.15) is 12.4 Å². The number of benzene rings is 1.